The Hall–Kier alpha value is -3.69. The van der Waals surface area contributed by atoms with Crippen molar-refractivity contribution in [2.24, 2.45) is 0 Å². The Balaban J connectivity index is 1.22. The van der Waals surface area contributed by atoms with Crippen molar-refractivity contribution in [1.82, 2.24) is 29.7 Å². The summed E-state index contributed by atoms with van der Waals surface area (Å²) in [5.74, 6) is 0.333. The van der Waals surface area contributed by atoms with E-state index in [4.69, 9.17) is 4.52 Å². The van der Waals surface area contributed by atoms with Gasteiger partial charge in [-0.3, -0.25) is 19.4 Å². The number of amides is 3. The fraction of sp³-hybridized carbons (Fsp3) is 0.316. The zero-order chi connectivity index (χ0) is 20.0. The zero-order valence-electron chi connectivity index (χ0n) is 15.8. The van der Waals surface area contributed by atoms with Gasteiger partial charge in [0.1, 0.15) is 0 Å². The molecule has 3 aromatic rings. The zero-order valence-corrected chi connectivity index (χ0v) is 15.8. The summed E-state index contributed by atoms with van der Waals surface area (Å²) in [5, 5.41) is 8.28. The Morgan fingerprint density at radius 1 is 1.24 bits per heavy atom. The van der Waals surface area contributed by atoms with Crippen LogP contribution in [0.15, 0.2) is 47.5 Å². The van der Waals surface area contributed by atoms with Gasteiger partial charge in [0.25, 0.3) is 5.91 Å². The number of carbonyl (C=O) groups excluding carboxylic acids is 2. The Morgan fingerprint density at radius 3 is 2.83 bits per heavy atom. The van der Waals surface area contributed by atoms with Crippen molar-refractivity contribution in [3.05, 3.63) is 48.7 Å². The molecule has 2 fully saturated rings. The summed E-state index contributed by atoms with van der Waals surface area (Å²) in [4.78, 5) is 33.9. The molecule has 2 saturated heterocycles. The molecule has 148 valence electrons. The predicted molar refractivity (Wildman–Crippen MR) is 102 cm³/mol. The van der Waals surface area contributed by atoms with Crippen molar-refractivity contribution in [3.8, 4) is 11.3 Å². The summed E-state index contributed by atoms with van der Waals surface area (Å²) in [6.07, 6.45) is 6.89. The van der Waals surface area contributed by atoms with Crippen LogP contribution in [0.25, 0.3) is 11.3 Å². The summed E-state index contributed by atoms with van der Waals surface area (Å²) >= 11 is 0. The van der Waals surface area contributed by atoms with E-state index in [-0.39, 0.29) is 23.7 Å². The monoisotopic (exact) mass is 393 g/mol. The third-order valence-corrected chi connectivity index (χ3v) is 5.31. The van der Waals surface area contributed by atoms with Crippen LogP contribution in [-0.2, 0) is 0 Å². The third-order valence-electron chi connectivity index (χ3n) is 5.31. The van der Waals surface area contributed by atoms with Crippen LogP contribution in [0.3, 0.4) is 0 Å². The molecule has 0 aliphatic carbocycles. The number of nitrogens with zero attached hydrogens (tertiary/aromatic N) is 7. The van der Waals surface area contributed by atoms with Gasteiger partial charge in [-0.1, -0.05) is 5.16 Å². The average molecular weight is 393 g/mol. The van der Waals surface area contributed by atoms with Crippen LogP contribution in [0, 0.1) is 0 Å². The van der Waals surface area contributed by atoms with Gasteiger partial charge >= 0.3 is 6.03 Å². The van der Waals surface area contributed by atoms with Crippen LogP contribution in [0.1, 0.15) is 16.5 Å². The lowest BCUT2D eigenvalue weighted by Gasteiger charge is -2.38. The maximum absolute atomic E-state index is 12.6. The SMILES string of the molecule is CN1CCN(c2cnn(C3CN(C(=O)c4cc(-c5cccnc5)on4)C3)c2)C1=O. The Bertz CT molecular complexity index is 1050. The van der Waals surface area contributed by atoms with Crippen LogP contribution < -0.4 is 4.90 Å². The second-order valence-electron chi connectivity index (χ2n) is 7.22. The lowest BCUT2D eigenvalue weighted by molar-refractivity contribution is 0.0491. The number of hydrogen-bond acceptors (Lipinski definition) is 6. The molecular weight excluding hydrogens is 374 g/mol. The van der Waals surface area contributed by atoms with E-state index in [0.717, 1.165) is 11.3 Å². The van der Waals surface area contributed by atoms with Gasteiger partial charge in [-0.15, -0.1) is 0 Å². The Labute approximate surface area is 166 Å². The van der Waals surface area contributed by atoms with Crippen molar-refractivity contribution in [2.45, 2.75) is 6.04 Å². The first-order chi connectivity index (χ1) is 14.1. The molecule has 0 bridgehead atoms. The number of urea groups is 1. The van der Waals surface area contributed by atoms with E-state index >= 15 is 0 Å². The molecule has 5 heterocycles. The number of likely N-dealkylation sites (N-methyl/N-ethyl adjacent to an activating group) is 1. The van der Waals surface area contributed by atoms with Crippen molar-refractivity contribution in [2.75, 3.05) is 38.1 Å². The third kappa shape index (κ3) is 3.02. The molecule has 3 amide bonds. The summed E-state index contributed by atoms with van der Waals surface area (Å²) < 4.78 is 7.10. The van der Waals surface area contributed by atoms with E-state index < -0.39 is 0 Å². The lowest BCUT2D eigenvalue weighted by atomic mass is 10.1. The summed E-state index contributed by atoms with van der Waals surface area (Å²) in [6, 6.07) is 5.33. The molecule has 29 heavy (non-hydrogen) atoms. The molecule has 0 unspecified atom stereocenters. The van der Waals surface area contributed by atoms with E-state index in [0.29, 0.717) is 31.9 Å². The van der Waals surface area contributed by atoms with Gasteiger partial charge in [0.05, 0.1) is 17.9 Å². The van der Waals surface area contributed by atoms with E-state index in [1.165, 1.54) is 0 Å². The second-order valence-corrected chi connectivity index (χ2v) is 7.22. The molecule has 0 radical (unpaired) electrons. The number of rotatable bonds is 4. The van der Waals surface area contributed by atoms with Gasteiger partial charge in [-0.25, -0.2) is 4.79 Å². The molecular formula is C19H19N7O3. The molecule has 0 saturated carbocycles. The number of anilines is 1. The van der Waals surface area contributed by atoms with Crippen LogP contribution in [-0.4, -0.2) is 74.9 Å². The molecule has 5 rings (SSSR count). The van der Waals surface area contributed by atoms with Crippen LogP contribution in [0.5, 0.6) is 0 Å². The molecule has 0 atom stereocenters. The van der Waals surface area contributed by atoms with E-state index in [2.05, 4.69) is 15.2 Å². The van der Waals surface area contributed by atoms with E-state index in [1.54, 1.807) is 52.5 Å². The first-order valence-corrected chi connectivity index (χ1v) is 9.33. The molecule has 10 heteroatoms. The molecule has 2 aliphatic heterocycles. The minimum atomic E-state index is -0.177. The van der Waals surface area contributed by atoms with Gasteiger partial charge in [0, 0.05) is 63.4 Å². The average Bonchev–Trinajstić information content (AvgIpc) is 3.43. The quantitative estimate of drug-likeness (QED) is 0.666. The Morgan fingerprint density at radius 2 is 2.10 bits per heavy atom. The minimum absolute atomic E-state index is 0.0228. The minimum Gasteiger partial charge on any atom is -0.355 e. The van der Waals surface area contributed by atoms with Crippen LogP contribution in [0.4, 0.5) is 10.5 Å². The first kappa shape index (κ1) is 17.4. The summed E-state index contributed by atoms with van der Waals surface area (Å²) in [7, 11) is 1.78. The number of pyridine rings is 1. The molecule has 0 spiro atoms. The maximum Gasteiger partial charge on any atom is 0.324 e. The number of likely N-dealkylation sites (tertiary alicyclic amines) is 1. The molecule has 10 nitrogen and oxygen atoms in total. The predicted octanol–water partition coefficient (Wildman–Crippen LogP) is 1.50. The smallest absolute Gasteiger partial charge is 0.324 e. The summed E-state index contributed by atoms with van der Waals surface area (Å²) in [6.45, 7) is 2.42. The van der Waals surface area contributed by atoms with Crippen molar-refractivity contribution < 1.29 is 14.1 Å². The molecule has 3 aromatic heterocycles. The lowest BCUT2D eigenvalue weighted by Crippen LogP contribution is -2.51. The highest BCUT2D eigenvalue weighted by atomic mass is 16.5. The first-order valence-electron chi connectivity index (χ1n) is 9.33. The maximum atomic E-state index is 12.6. The standard InChI is InChI=1S/C19H19N7O3/c1-23-5-6-25(19(23)28)14-9-21-26(12-14)15-10-24(11-15)18(27)16-7-17(29-22-16)13-3-2-4-20-8-13/h2-4,7-9,12,15H,5-6,10-11H2,1H3. The highest BCUT2D eigenvalue weighted by Crippen LogP contribution is 2.27. The largest absolute Gasteiger partial charge is 0.355 e. The van der Waals surface area contributed by atoms with Crippen molar-refractivity contribution >= 4 is 17.6 Å². The Kier molecular flexibility index (Phi) is 4.04. The van der Waals surface area contributed by atoms with Gasteiger partial charge in [0.15, 0.2) is 11.5 Å². The fourth-order valence-electron chi connectivity index (χ4n) is 3.52. The van der Waals surface area contributed by atoms with Gasteiger partial charge in [-0.2, -0.15) is 5.10 Å². The normalized spacial score (nSPS) is 17.1. The second kappa shape index (κ2) is 6.73. The number of carbonyl (C=O) groups is 2. The molecule has 0 aromatic carbocycles. The van der Waals surface area contributed by atoms with Gasteiger partial charge in [-0.05, 0) is 12.1 Å². The van der Waals surface area contributed by atoms with Crippen molar-refractivity contribution in [3.63, 3.8) is 0 Å². The van der Waals surface area contributed by atoms with Gasteiger partial charge < -0.3 is 14.3 Å². The van der Waals surface area contributed by atoms with E-state index in [9.17, 15) is 9.59 Å². The van der Waals surface area contributed by atoms with Crippen LogP contribution in [0.2, 0.25) is 0 Å². The fourth-order valence-corrected chi connectivity index (χ4v) is 3.52. The number of aromatic nitrogens is 4. The van der Waals surface area contributed by atoms with E-state index in [1.807, 2.05) is 16.9 Å². The van der Waals surface area contributed by atoms with Crippen molar-refractivity contribution in [1.29, 1.82) is 0 Å². The highest BCUT2D eigenvalue weighted by Gasteiger charge is 2.35. The molecule has 0 N–H and O–H groups in total. The topological polar surface area (TPSA) is 101 Å². The summed E-state index contributed by atoms with van der Waals surface area (Å²) in [5.41, 5.74) is 1.82. The highest BCUT2D eigenvalue weighted by molar-refractivity contribution is 5.94. The van der Waals surface area contributed by atoms with Gasteiger partial charge in [0.2, 0.25) is 0 Å². The molecule has 2 aliphatic rings. The number of hydrogen-bond donors (Lipinski definition) is 0. The van der Waals surface area contributed by atoms with Crippen LogP contribution >= 0.6 is 0 Å².